The number of hydrogen-bond acceptors (Lipinski definition) is 5. The third-order valence-corrected chi connectivity index (χ3v) is 1.80. The van der Waals surface area contributed by atoms with E-state index in [1.807, 2.05) is 0 Å². The quantitative estimate of drug-likeness (QED) is 0.719. The summed E-state index contributed by atoms with van der Waals surface area (Å²) in [4.78, 5) is 7.66. The van der Waals surface area contributed by atoms with Crippen LogP contribution in [0.5, 0.6) is 0 Å². The third kappa shape index (κ3) is 1.93. The zero-order chi connectivity index (χ0) is 9.10. The fourth-order valence-corrected chi connectivity index (χ4v) is 0.932. The molecule has 0 bridgehead atoms. The smallest absolute Gasteiger partial charge is 0.168 e. The molecule has 1 fully saturated rings. The van der Waals surface area contributed by atoms with Crippen molar-refractivity contribution in [2.24, 2.45) is 5.10 Å². The van der Waals surface area contributed by atoms with E-state index in [1.165, 1.54) is 12.5 Å². The number of hydrazone groups is 1. The van der Waals surface area contributed by atoms with Gasteiger partial charge in [-0.2, -0.15) is 5.10 Å². The van der Waals surface area contributed by atoms with Gasteiger partial charge in [-0.25, -0.2) is 9.97 Å². The summed E-state index contributed by atoms with van der Waals surface area (Å²) in [7, 11) is 0. The Morgan fingerprint density at radius 2 is 2.38 bits per heavy atom. The monoisotopic (exact) mass is 198 g/mol. The fraction of sp³-hybridized carbons (Fsp3) is 0.286. The number of ether oxygens (including phenoxy) is 1. The van der Waals surface area contributed by atoms with E-state index in [4.69, 9.17) is 16.3 Å². The predicted octanol–water partition coefficient (Wildman–Crippen LogP) is 0.928. The van der Waals surface area contributed by atoms with Crippen molar-refractivity contribution < 1.29 is 4.74 Å². The van der Waals surface area contributed by atoms with Gasteiger partial charge < -0.3 is 4.74 Å². The molecule has 1 aliphatic heterocycles. The molecule has 0 radical (unpaired) electrons. The van der Waals surface area contributed by atoms with Gasteiger partial charge in [0.05, 0.1) is 25.1 Å². The number of nitrogens with one attached hydrogen (secondary N) is 1. The summed E-state index contributed by atoms with van der Waals surface area (Å²) < 4.78 is 4.92. The molecular formula is C7H7ClN4O. The van der Waals surface area contributed by atoms with E-state index in [2.05, 4.69) is 20.5 Å². The Labute approximate surface area is 79.8 Å². The van der Waals surface area contributed by atoms with Crippen LogP contribution < -0.4 is 5.43 Å². The second-order valence-electron chi connectivity index (χ2n) is 2.50. The largest absolute Gasteiger partial charge is 0.369 e. The van der Waals surface area contributed by atoms with Gasteiger partial charge in [0.1, 0.15) is 11.3 Å². The molecule has 0 amide bonds. The molecule has 2 rings (SSSR count). The lowest BCUT2D eigenvalue weighted by atomic mass is 10.3. The summed E-state index contributed by atoms with van der Waals surface area (Å²) >= 11 is 5.78. The number of halogens is 1. The normalized spacial score (nSPS) is 15.0. The first-order valence-corrected chi connectivity index (χ1v) is 4.09. The minimum absolute atomic E-state index is 0.451. The van der Waals surface area contributed by atoms with E-state index in [0.29, 0.717) is 24.1 Å². The molecule has 13 heavy (non-hydrogen) atoms. The Kier molecular flexibility index (Phi) is 2.37. The molecule has 0 atom stereocenters. The number of nitrogens with zero attached hydrogens (tertiary/aromatic N) is 3. The van der Waals surface area contributed by atoms with Crippen LogP contribution in [0.2, 0.25) is 5.02 Å². The van der Waals surface area contributed by atoms with Crippen LogP contribution in [0, 0.1) is 0 Å². The number of aromatic nitrogens is 2. The van der Waals surface area contributed by atoms with Crippen molar-refractivity contribution in [3.05, 3.63) is 17.5 Å². The minimum atomic E-state index is 0.451. The molecule has 1 N–H and O–H groups in total. The van der Waals surface area contributed by atoms with Gasteiger partial charge in [0, 0.05) is 0 Å². The molecule has 0 spiro atoms. The lowest BCUT2D eigenvalue weighted by molar-refractivity contribution is 0.159. The number of rotatable bonds is 2. The molecule has 0 saturated carbocycles. The summed E-state index contributed by atoms with van der Waals surface area (Å²) in [6.45, 7) is 1.16. The Morgan fingerprint density at radius 3 is 3.00 bits per heavy atom. The third-order valence-electron chi connectivity index (χ3n) is 1.52. The zero-order valence-corrected chi connectivity index (χ0v) is 7.45. The second-order valence-corrected chi connectivity index (χ2v) is 2.91. The van der Waals surface area contributed by atoms with Gasteiger partial charge in [0.15, 0.2) is 5.82 Å². The molecule has 1 aromatic heterocycles. The van der Waals surface area contributed by atoms with Gasteiger partial charge in [0.2, 0.25) is 0 Å². The maximum Gasteiger partial charge on any atom is 0.168 e. The van der Waals surface area contributed by atoms with Gasteiger partial charge >= 0.3 is 0 Å². The fourth-order valence-electron chi connectivity index (χ4n) is 0.785. The first-order chi connectivity index (χ1) is 6.36. The van der Waals surface area contributed by atoms with E-state index < -0.39 is 0 Å². The van der Waals surface area contributed by atoms with Gasteiger partial charge in [-0.3, -0.25) is 5.43 Å². The summed E-state index contributed by atoms with van der Waals surface area (Å²) in [6, 6.07) is 0. The molecule has 0 aliphatic carbocycles. The zero-order valence-electron chi connectivity index (χ0n) is 6.70. The maximum atomic E-state index is 5.78. The van der Waals surface area contributed by atoms with Crippen LogP contribution in [-0.2, 0) is 4.74 Å². The van der Waals surface area contributed by atoms with Crippen molar-refractivity contribution in [2.75, 3.05) is 18.6 Å². The van der Waals surface area contributed by atoms with Crippen molar-refractivity contribution in [1.29, 1.82) is 0 Å². The Balaban J connectivity index is 2.05. The van der Waals surface area contributed by atoms with Crippen molar-refractivity contribution >= 4 is 23.1 Å². The molecule has 1 aliphatic rings. The van der Waals surface area contributed by atoms with Crippen LogP contribution in [-0.4, -0.2) is 28.9 Å². The summed E-state index contributed by atoms with van der Waals surface area (Å²) in [5, 5.41) is 4.48. The Bertz CT molecular complexity index is 335. The first-order valence-electron chi connectivity index (χ1n) is 3.71. The van der Waals surface area contributed by atoms with E-state index in [-0.39, 0.29) is 0 Å². The van der Waals surface area contributed by atoms with E-state index >= 15 is 0 Å². The van der Waals surface area contributed by atoms with Crippen molar-refractivity contribution in [1.82, 2.24) is 9.97 Å². The van der Waals surface area contributed by atoms with E-state index in [0.717, 1.165) is 5.71 Å². The molecular weight excluding hydrogens is 192 g/mol. The summed E-state index contributed by atoms with van der Waals surface area (Å²) in [5.41, 5.74) is 3.69. The summed E-state index contributed by atoms with van der Waals surface area (Å²) in [6.07, 6.45) is 2.92. The molecule has 0 aromatic carbocycles. The van der Waals surface area contributed by atoms with E-state index in [9.17, 15) is 0 Å². The average Bonchev–Trinajstić information content (AvgIpc) is 2.05. The second kappa shape index (κ2) is 3.68. The van der Waals surface area contributed by atoms with Crippen molar-refractivity contribution in [2.45, 2.75) is 0 Å². The van der Waals surface area contributed by atoms with Crippen LogP contribution in [0.1, 0.15) is 0 Å². The summed E-state index contributed by atoms with van der Waals surface area (Å²) in [5.74, 6) is 0.510. The van der Waals surface area contributed by atoms with Crippen LogP contribution in [0.4, 0.5) is 5.82 Å². The average molecular weight is 199 g/mol. The molecule has 68 valence electrons. The molecule has 6 heteroatoms. The molecule has 1 saturated heterocycles. The SMILES string of the molecule is Clc1cncnc1NN=C1COC1. The highest BCUT2D eigenvalue weighted by Crippen LogP contribution is 2.15. The van der Waals surface area contributed by atoms with Crippen molar-refractivity contribution in [3.8, 4) is 0 Å². The van der Waals surface area contributed by atoms with E-state index in [1.54, 1.807) is 0 Å². The highest BCUT2D eigenvalue weighted by Gasteiger charge is 2.10. The standard InChI is InChI=1S/C7H7ClN4O/c8-6-1-9-4-10-7(6)12-11-5-2-13-3-5/h1,4H,2-3H2,(H,9,10,12). The number of hydrogen-bond donors (Lipinski definition) is 1. The Hall–Kier alpha value is -1.20. The van der Waals surface area contributed by atoms with Gasteiger partial charge in [-0.05, 0) is 0 Å². The van der Waals surface area contributed by atoms with Crippen LogP contribution in [0.25, 0.3) is 0 Å². The maximum absolute atomic E-state index is 5.78. The highest BCUT2D eigenvalue weighted by atomic mass is 35.5. The molecule has 5 nitrogen and oxygen atoms in total. The first kappa shape index (κ1) is 8.40. The number of anilines is 1. The Morgan fingerprint density at radius 1 is 1.54 bits per heavy atom. The van der Waals surface area contributed by atoms with Crippen molar-refractivity contribution in [3.63, 3.8) is 0 Å². The molecule has 0 unspecified atom stereocenters. The van der Waals surface area contributed by atoms with Gasteiger partial charge in [-0.15, -0.1) is 0 Å². The predicted molar refractivity (Wildman–Crippen MR) is 48.9 cm³/mol. The topological polar surface area (TPSA) is 59.4 Å². The lowest BCUT2D eigenvalue weighted by Crippen LogP contribution is -2.28. The molecule has 2 heterocycles. The minimum Gasteiger partial charge on any atom is -0.369 e. The lowest BCUT2D eigenvalue weighted by Gasteiger charge is -2.15. The van der Waals surface area contributed by atoms with Gasteiger partial charge in [-0.1, -0.05) is 11.6 Å². The van der Waals surface area contributed by atoms with Gasteiger partial charge in [0.25, 0.3) is 0 Å². The van der Waals surface area contributed by atoms with Crippen LogP contribution in [0.15, 0.2) is 17.6 Å². The van der Waals surface area contributed by atoms with Crippen LogP contribution in [0.3, 0.4) is 0 Å². The highest BCUT2D eigenvalue weighted by molar-refractivity contribution is 6.32. The molecule has 1 aromatic rings. The van der Waals surface area contributed by atoms with Crippen LogP contribution >= 0.6 is 11.6 Å².